The summed E-state index contributed by atoms with van der Waals surface area (Å²) in [6, 6.07) is 5.41. The van der Waals surface area contributed by atoms with Crippen molar-refractivity contribution in [2.75, 3.05) is 0 Å². The number of fused-ring (bicyclic) bond motifs is 1. The molecule has 3 rings (SSSR count). The summed E-state index contributed by atoms with van der Waals surface area (Å²) in [4.78, 5) is 10.9. The van der Waals surface area contributed by atoms with Crippen LogP contribution < -0.4 is 4.74 Å². The molecule has 0 bridgehead atoms. The summed E-state index contributed by atoms with van der Waals surface area (Å²) in [5.74, 6) is -2.64. The van der Waals surface area contributed by atoms with Crippen LogP contribution in [0.2, 0.25) is 5.02 Å². The van der Waals surface area contributed by atoms with Crippen LogP contribution in [-0.2, 0) is 11.0 Å². The van der Waals surface area contributed by atoms with E-state index in [0.717, 1.165) is 6.07 Å². The van der Waals surface area contributed by atoms with Crippen molar-refractivity contribution < 1.29 is 32.2 Å². The zero-order chi connectivity index (χ0) is 20.6. The lowest BCUT2D eigenvalue weighted by molar-refractivity contribution is -0.140. The number of benzene rings is 2. The van der Waals surface area contributed by atoms with Gasteiger partial charge in [-0.1, -0.05) is 16.8 Å². The molecule has 11 heteroatoms. The Labute approximate surface area is 160 Å². The third-order valence-electron chi connectivity index (χ3n) is 3.86. The number of halogens is 5. The smallest absolute Gasteiger partial charge is 0.420 e. The molecular formula is C17H12ClF4N3O3. The number of alkyl halides is 3. The average Bonchev–Trinajstić information content (AvgIpc) is 2.95. The van der Waals surface area contributed by atoms with E-state index in [4.69, 9.17) is 21.4 Å². The zero-order valence-electron chi connectivity index (χ0n) is 14.2. The minimum atomic E-state index is -4.93. The molecule has 1 heterocycles. The number of aromatic nitrogens is 3. The fourth-order valence-corrected chi connectivity index (χ4v) is 2.96. The minimum absolute atomic E-state index is 0.161. The first kappa shape index (κ1) is 19.9. The van der Waals surface area contributed by atoms with Gasteiger partial charge in [-0.2, -0.15) is 13.2 Å². The van der Waals surface area contributed by atoms with E-state index in [2.05, 4.69) is 10.3 Å². The number of ether oxygens (including phenoxy) is 1. The number of hydrogen-bond acceptors (Lipinski definition) is 4. The van der Waals surface area contributed by atoms with Crippen LogP contribution in [0, 0.1) is 5.82 Å². The minimum Gasteiger partial charge on any atom is -0.481 e. The van der Waals surface area contributed by atoms with E-state index in [1.807, 2.05) is 0 Å². The molecule has 28 heavy (non-hydrogen) atoms. The molecule has 1 unspecified atom stereocenters. The second-order valence-corrected chi connectivity index (χ2v) is 6.40. The van der Waals surface area contributed by atoms with Gasteiger partial charge in [-0.05, 0) is 19.1 Å². The number of carboxylic acid groups (broad SMARTS) is 1. The highest BCUT2D eigenvalue weighted by Gasteiger charge is 2.37. The number of rotatable bonds is 5. The van der Waals surface area contributed by atoms with Gasteiger partial charge in [0.2, 0.25) is 0 Å². The van der Waals surface area contributed by atoms with Crippen LogP contribution in [0.25, 0.3) is 11.0 Å². The van der Waals surface area contributed by atoms with Crippen LogP contribution in [0.15, 0.2) is 30.3 Å². The van der Waals surface area contributed by atoms with Crippen molar-refractivity contribution in [1.29, 1.82) is 0 Å². The van der Waals surface area contributed by atoms with Gasteiger partial charge in [-0.3, -0.25) is 4.79 Å². The summed E-state index contributed by atoms with van der Waals surface area (Å²) in [6.45, 7) is 1.64. The molecule has 3 aromatic rings. The van der Waals surface area contributed by atoms with E-state index in [1.165, 1.54) is 22.9 Å². The quantitative estimate of drug-likeness (QED) is 0.586. The van der Waals surface area contributed by atoms with E-state index < -0.39 is 34.6 Å². The van der Waals surface area contributed by atoms with Crippen LogP contribution in [0.3, 0.4) is 0 Å². The van der Waals surface area contributed by atoms with E-state index in [-0.39, 0.29) is 17.9 Å². The fraction of sp³-hybridized carbons (Fsp3) is 0.235. The third-order valence-corrected chi connectivity index (χ3v) is 4.16. The Bertz CT molecular complexity index is 1030. The van der Waals surface area contributed by atoms with Crippen LogP contribution in [0.4, 0.5) is 17.6 Å². The lowest BCUT2D eigenvalue weighted by Gasteiger charge is -2.13. The highest BCUT2D eigenvalue weighted by atomic mass is 35.5. The molecule has 1 aromatic heterocycles. The molecule has 0 radical (unpaired) electrons. The number of aliphatic carboxylic acids is 1. The maximum Gasteiger partial charge on any atom is 0.420 e. The SMILES string of the molecule is CC(CC(=O)O)n1nnc2ccc(Oc3cc(F)c(C(F)(F)F)c(Cl)c3)cc21. The summed E-state index contributed by atoms with van der Waals surface area (Å²) in [7, 11) is 0. The molecule has 6 nitrogen and oxygen atoms in total. The highest BCUT2D eigenvalue weighted by Crippen LogP contribution is 2.39. The molecular weight excluding hydrogens is 406 g/mol. The normalized spacial score (nSPS) is 12.9. The molecule has 0 saturated heterocycles. The Morgan fingerprint density at radius 3 is 2.61 bits per heavy atom. The molecule has 148 valence electrons. The van der Waals surface area contributed by atoms with Gasteiger partial charge in [0.15, 0.2) is 0 Å². The van der Waals surface area contributed by atoms with E-state index in [9.17, 15) is 22.4 Å². The standard InChI is InChI=1S/C17H12ClF4N3O3/c1-8(4-15(26)27)25-14-7-9(2-3-13(14)23-24-25)28-10-5-11(18)16(12(19)6-10)17(20,21)22/h2-3,5-8H,4H2,1H3,(H,26,27). The van der Waals surface area contributed by atoms with Crippen molar-refractivity contribution in [1.82, 2.24) is 15.0 Å². The molecule has 0 fully saturated rings. The highest BCUT2D eigenvalue weighted by molar-refractivity contribution is 6.31. The first-order valence-corrected chi connectivity index (χ1v) is 8.25. The monoisotopic (exact) mass is 417 g/mol. The van der Waals surface area contributed by atoms with Gasteiger partial charge in [-0.25, -0.2) is 9.07 Å². The number of hydrogen-bond donors (Lipinski definition) is 1. The Morgan fingerprint density at radius 2 is 2.00 bits per heavy atom. The lowest BCUT2D eigenvalue weighted by Crippen LogP contribution is -2.11. The Morgan fingerprint density at radius 1 is 1.29 bits per heavy atom. The van der Waals surface area contributed by atoms with Crippen LogP contribution in [0.5, 0.6) is 11.5 Å². The Hall–Kier alpha value is -2.88. The number of nitrogens with zero attached hydrogens (tertiary/aromatic N) is 3. The molecule has 0 aliphatic carbocycles. The summed E-state index contributed by atoms with van der Waals surface area (Å²) in [5.41, 5.74) is -0.660. The molecule has 0 amide bonds. The number of carbonyl (C=O) groups is 1. The topological polar surface area (TPSA) is 77.2 Å². The maximum absolute atomic E-state index is 13.8. The maximum atomic E-state index is 13.8. The predicted molar refractivity (Wildman–Crippen MR) is 91.0 cm³/mol. The summed E-state index contributed by atoms with van der Waals surface area (Å²) < 4.78 is 59.0. The van der Waals surface area contributed by atoms with Crippen molar-refractivity contribution in [2.45, 2.75) is 25.6 Å². The van der Waals surface area contributed by atoms with Crippen LogP contribution in [0.1, 0.15) is 24.9 Å². The van der Waals surface area contributed by atoms with Crippen molar-refractivity contribution in [3.8, 4) is 11.5 Å². The molecule has 1 atom stereocenters. The Balaban J connectivity index is 1.94. The van der Waals surface area contributed by atoms with Gasteiger partial charge in [0.1, 0.15) is 28.4 Å². The van der Waals surface area contributed by atoms with Gasteiger partial charge in [0, 0.05) is 18.2 Å². The van der Waals surface area contributed by atoms with E-state index in [1.54, 1.807) is 6.92 Å². The van der Waals surface area contributed by atoms with Crippen LogP contribution >= 0.6 is 11.6 Å². The first-order chi connectivity index (χ1) is 13.1. The van der Waals surface area contributed by atoms with Gasteiger partial charge in [0.25, 0.3) is 0 Å². The van der Waals surface area contributed by atoms with Crippen LogP contribution in [-0.4, -0.2) is 26.1 Å². The lowest BCUT2D eigenvalue weighted by atomic mass is 10.2. The number of carboxylic acids is 1. The average molecular weight is 418 g/mol. The van der Waals surface area contributed by atoms with Gasteiger partial charge >= 0.3 is 12.1 Å². The molecule has 1 N–H and O–H groups in total. The molecule has 0 aliphatic heterocycles. The van der Waals surface area contributed by atoms with Crippen molar-refractivity contribution in [2.24, 2.45) is 0 Å². The molecule has 0 saturated carbocycles. The first-order valence-electron chi connectivity index (χ1n) is 7.87. The van der Waals surface area contributed by atoms with Crippen molar-refractivity contribution in [3.63, 3.8) is 0 Å². The summed E-state index contributed by atoms with van der Waals surface area (Å²) >= 11 is 5.56. The summed E-state index contributed by atoms with van der Waals surface area (Å²) in [6.07, 6.45) is -5.12. The molecule has 0 aliphatic rings. The third kappa shape index (κ3) is 4.01. The summed E-state index contributed by atoms with van der Waals surface area (Å²) in [5, 5.41) is 15.9. The Kier molecular flexibility index (Phi) is 5.16. The van der Waals surface area contributed by atoms with Gasteiger partial charge in [0.05, 0.1) is 23.0 Å². The van der Waals surface area contributed by atoms with Gasteiger partial charge < -0.3 is 9.84 Å². The van der Waals surface area contributed by atoms with Crippen molar-refractivity contribution in [3.05, 3.63) is 46.7 Å². The fourth-order valence-electron chi connectivity index (χ4n) is 2.66. The van der Waals surface area contributed by atoms with E-state index >= 15 is 0 Å². The predicted octanol–water partition coefficient (Wildman–Crippen LogP) is 5.07. The van der Waals surface area contributed by atoms with E-state index in [0.29, 0.717) is 17.1 Å². The molecule has 0 spiro atoms. The van der Waals surface area contributed by atoms with Crippen molar-refractivity contribution >= 4 is 28.6 Å². The van der Waals surface area contributed by atoms with Gasteiger partial charge in [-0.15, -0.1) is 5.10 Å². The second-order valence-electron chi connectivity index (χ2n) is 5.99. The zero-order valence-corrected chi connectivity index (χ0v) is 14.9. The largest absolute Gasteiger partial charge is 0.481 e. The molecule has 2 aromatic carbocycles. The second kappa shape index (κ2) is 7.27.